The molecule has 102 valence electrons. The monoisotopic (exact) mass is 343 g/mol. The number of carbonyl (C=O) groups is 2. The number of piperidine rings is 1. The quantitative estimate of drug-likeness (QED) is 0.823. The number of carbonyl (C=O) groups excluding carboxylic acids is 2. The van der Waals surface area contributed by atoms with Crippen LogP contribution in [0.3, 0.4) is 0 Å². The maximum absolute atomic E-state index is 12.4. The topological polar surface area (TPSA) is 37.4 Å². The van der Waals surface area contributed by atoms with E-state index in [0.29, 0.717) is 30.1 Å². The Kier molecular flexibility index (Phi) is 4.63. The molecule has 1 unspecified atom stereocenters. The molecular weight excluding hydrogens is 330 g/mol. The lowest BCUT2D eigenvalue weighted by molar-refractivity contribution is -0.125. The van der Waals surface area contributed by atoms with E-state index in [0.717, 1.165) is 10.9 Å². The third-order valence-electron chi connectivity index (χ3n) is 3.47. The Bertz CT molecular complexity index is 518. The normalized spacial score (nSPS) is 19.6. The predicted octanol–water partition coefficient (Wildman–Crippen LogP) is 3.54. The molecule has 2 rings (SSSR count). The molecule has 0 aliphatic carbocycles. The van der Waals surface area contributed by atoms with E-state index in [4.69, 9.17) is 11.6 Å². The maximum atomic E-state index is 12.4. The Morgan fingerprint density at radius 3 is 2.89 bits per heavy atom. The van der Waals surface area contributed by atoms with Crippen LogP contribution in [0.2, 0.25) is 5.02 Å². The number of Topliss-reactive ketones (excluding diaryl/α,β-unsaturated/α-hetero) is 1. The van der Waals surface area contributed by atoms with E-state index in [1.807, 2.05) is 6.92 Å². The molecule has 5 heteroatoms. The number of rotatable bonds is 2. The Morgan fingerprint density at radius 1 is 1.53 bits per heavy atom. The molecule has 1 aliphatic heterocycles. The second kappa shape index (κ2) is 6.06. The summed E-state index contributed by atoms with van der Waals surface area (Å²) < 4.78 is 0.769. The standard InChI is InChI=1S/C14H15BrClNO2/c1-2-9-8-17(6-5-13(9)18)14(19)10-3-4-11(15)12(16)7-10/h3-4,7,9H,2,5-6,8H2,1H3. The molecule has 1 aromatic rings. The van der Waals surface area contributed by atoms with Gasteiger partial charge < -0.3 is 4.90 Å². The molecule has 3 nitrogen and oxygen atoms in total. The van der Waals surface area contributed by atoms with Crippen molar-refractivity contribution < 1.29 is 9.59 Å². The zero-order chi connectivity index (χ0) is 14.0. The van der Waals surface area contributed by atoms with Gasteiger partial charge in [0.25, 0.3) is 5.91 Å². The van der Waals surface area contributed by atoms with Gasteiger partial charge in [0.05, 0.1) is 5.02 Å². The Balaban J connectivity index is 2.15. The van der Waals surface area contributed by atoms with Crippen molar-refractivity contribution in [3.8, 4) is 0 Å². The number of halogens is 2. The largest absolute Gasteiger partial charge is 0.337 e. The summed E-state index contributed by atoms with van der Waals surface area (Å²) >= 11 is 9.31. The highest BCUT2D eigenvalue weighted by Crippen LogP contribution is 2.25. The zero-order valence-corrected chi connectivity index (χ0v) is 13.0. The van der Waals surface area contributed by atoms with Crippen LogP contribution in [0, 0.1) is 5.92 Å². The summed E-state index contributed by atoms with van der Waals surface area (Å²) in [7, 11) is 0. The van der Waals surface area contributed by atoms with Crippen LogP contribution in [0.5, 0.6) is 0 Å². The molecule has 1 aromatic carbocycles. The van der Waals surface area contributed by atoms with Gasteiger partial charge in [-0.2, -0.15) is 0 Å². The second-order valence-electron chi connectivity index (χ2n) is 4.70. The molecule has 0 aromatic heterocycles. The molecule has 19 heavy (non-hydrogen) atoms. The van der Waals surface area contributed by atoms with Gasteiger partial charge in [-0.25, -0.2) is 0 Å². The molecule has 1 aliphatic rings. The van der Waals surface area contributed by atoms with Crippen LogP contribution in [0.15, 0.2) is 22.7 Å². The number of likely N-dealkylation sites (tertiary alicyclic amines) is 1. The van der Waals surface area contributed by atoms with Gasteiger partial charge in [-0.05, 0) is 40.5 Å². The summed E-state index contributed by atoms with van der Waals surface area (Å²) in [4.78, 5) is 25.8. The highest BCUT2D eigenvalue weighted by molar-refractivity contribution is 9.10. The predicted molar refractivity (Wildman–Crippen MR) is 78.5 cm³/mol. The van der Waals surface area contributed by atoms with Crippen molar-refractivity contribution >= 4 is 39.2 Å². The van der Waals surface area contributed by atoms with E-state index < -0.39 is 0 Å². The van der Waals surface area contributed by atoms with E-state index in [1.54, 1.807) is 23.1 Å². The first kappa shape index (κ1) is 14.5. The SMILES string of the molecule is CCC1CN(C(=O)c2ccc(Br)c(Cl)c2)CCC1=O. The van der Waals surface area contributed by atoms with Gasteiger partial charge in [-0.3, -0.25) is 9.59 Å². The molecule has 0 radical (unpaired) electrons. The fourth-order valence-corrected chi connectivity index (χ4v) is 2.69. The molecule has 0 saturated carbocycles. The maximum Gasteiger partial charge on any atom is 0.253 e. The minimum Gasteiger partial charge on any atom is -0.337 e. The molecular formula is C14H15BrClNO2. The first-order valence-corrected chi connectivity index (χ1v) is 7.47. The lowest BCUT2D eigenvalue weighted by atomic mass is 9.93. The van der Waals surface area contributed by atoms with Gasteiger partial charge in [-0.15, -0.1) is 0 Å². The average Bonchev–Trinajstić information content (AvgIpc) is 2.41. The summed E-state index contributed by atoms with van der Waals surface area (Å²) in [6.45, 7) is 3.00. The highest BCUT2D eigenvalue weighted by Gasteiger charge is 2.29. The molecule has 1 fully saturated rings. The number of ketones is 1. The summed E-state index contributed by atoms with van der Waals surface area (Å²) in [5.74, 6) is 0.185. The van der Waals surface area contributed by atoms with E-state index in [2.05, 4.69) is 15.9 Å². The van der Waals surface area contributed by atoms with Gasteiger partial charge in [-0.1, -0.05) is 18.5 Å². The second-order valence-corrected chi connectivity index (χ2v) is 5.96. The first-order valence-electron chi connectivity index (χ1n) is 6.30. The lowest BCUT2D eigenvalue weighted by Crippen LogP contribution is -2.43. The van der Waals surface area contributed by atoms with E-state index in [1.165, 1.54) is 0 Å². The van der Waals surface area contributed by atoms with Crippen LogP contribution < -0.4 is 0 Å². The Hall–Kier alpha value is -0.870. The number of nitrogens with zero attached hydrogens (tertiary/aromatic N) is 1. The molecule has 0 bridgehead atoms. The third-order valence-corrected chi connectivity index (χ3v) is 4.70. The van der Waals surface area contributed by atoms with Crippen molar-refractivity contribution in [3.63, 3.8) is 0 Å². The van der Waals surface area contributed by atoms with Crippen LogP contribution in [-0.2, 0) is 4.79 Å². The van der Waals surface area contributed by atoms with Crippen molar-refractivity contribution in [1.82, 2.24) is 4.90 Å². The van der Waals surface area contributed by atoms with Crippen LogP contribution in [0.4, 0.5) is 0 Å². The summed E-state index contributed by atoms with van der Waals surface area (Å²) in [5, 5.41) is 0.519. The molecule has 1 atom stereocenters. The Morgan fingerprint density at radius 2 is 2.26 bits per heavy atom. The fourth-order valence-electron chi connectivity index (χ4n) is 2.26. The fraction of sp³-hybridized carbons (Fsp3) is 0.429. The van der Waals surface area contributed by atoms with Gasteiger partial charge >= 0.3 is 0 Å². The minimum atomic E-state index is -0.0552. The number of amides is 1. The minimum absolute atomic E-state index is 0.0244. The lowest BCUT2D eigenvalue weighted by Gasteiger charge is -2.31. The first-order chi connectivity index (χ1) is 9.02. The van der Waals surface area contributed by atoms with E-state index in [-0.39, 0.29) is 17.6 Å². The highest BCUT2D eigenvalue weighted by atomic mass is 79.9. The van der Waals surface area contributed by atoms with E-state index >= 15 is 0 Å². The summed E-state index contributed by atoms with van der Waals surface area (Å²) in [6, 6.07) is 5.17. The van der Waals surface area contributed by atoms with E-state index in [9.17, 15) is 9.59 Å². The van der Waals surface area contributed by atoms with Crippen LogP contribution in [0.1, 0.15) is 30.1 Å². The third kappa shape index (κ3) is 3.18. The molecule has 1 heterocycles. The number of hydrogen-bond donors (Lipinski definition) is 0. The van der Waals surface area contributed by atoms with Crippen molar-refractivity contribution in [2.45, 2.75) is 19.8 Å². The summed E-state index contributed by atoms with van der Waals surface area (Å²) in [6.07, 6.45) is 1.23. The molecule has 0 spiro atoms. The van der Waals surface area contributed by atoms with Gasteiger partial charge in [0.1, 0.15) is 5.78 Å². The van der Waals surface area contributed by atoms with Gasteiger partial charge in [0.15, 0.2) is 0 Å². The smallest absolute Gasteiger partial charge is 0.253 e. The molecule has 1 amide bonds. The molecule has 1 saturated heterocycles. The van der Waals surface area contributed by atoms with Crippen molar-refractivity contribution in [2.75, 3.05) is 13.1 Å². The van der Waals surface area contributed by atoms with Gasteiger partial charge in [0, 0.05) is 35.5 Å². The van der Waals surface area contributed by atoms with Crippen LogP contribution >= 0.6 is 27.5 Å². The number of benzene rings is 1. The van der Waals surface area contributed by atoms with Crippen molar-refractivity contribution in [2.24, 2.45) is 5.92 Å². The van der Waals surface area contributed by atoms with Gasteiger partial charge in [0.2, 0.25) is 0 Å². The Labute approximate surface area is 126 Å². The molecule has 0 N–H and O–H groups in total. The van der Waals surface area contributed by atoms with Crippen LogP contribution in [-0.4, -0.2) is 29.7 Å². The average molecular weight is 345 g/mol. The van der Waals surface area contributed by atoms with Crippen molar-refractivity contribution in [3.05, 3.63) is 33.3 Å². The van der Waals surface area contributed by atoms with Crippen LogP contribution in [0.25, 0.3) is 0 Å². The van der Waals surface area contributed by atoms with Crippen molar-refractivity contribution in [1.29, 1.82) is 0 Å². The summed E-state index contributed by atoms with van der Waals surface area (Å²) in [5.41, 5.74) is 0.567. The zero-order valence-electron chi connectivity index (χ0n) is 10.7. The number of hydrogen-bond acceptors (Lipinski definition) is 2.